The van der Waals surface area contributed by atoms with Crippen LogP contribution in [0.2, 0.25) is 0 Å². The minimum absolute atomic E-state index is 0.261. The van der Waals surface area contributed by atoms with E-state index in [0.717, 1.165) is 33.6 Å². The van der Waals surface area contributed by atoms with Crippen LogP contribution in [0.25, 0.3) is 33.6 Å². The molecule has 4 aromatic rings. The summed E-state index contributed by atoms with van der Waals surface area (Å²) in [4.78, 5) is 24.0. The van der Waals surface area contributed by atoms with Gasteiger partial charge in [0.05, 0.1) is 17.0 Å². The molecule has 0 saturated heterocycles. The Kier molecular flexibility index (Phi) is 4.41. The lowest BCUT2D eigenvalue weighted by atomic mass is 10.00. The number of carboxylic acids is 1. The predicted octanol–water partition coefficient (Wildman–Crippen LogP) is 4.57. The summed E-state index contributed by atoms with van der Waals surface area (Å²) in [7, 11) is 0. The first-order valence-electron chi connectivity index (χ1n) is 8.37. The van der Waals surface area contributed by atoms with E-state index in [2.05, 4.69) is 9.97 Å². The highest BCUT2D eigenvalue weighted by Gasteiger charge is 2.10. The fraction of sp³-hybridized carbons (Fsp3) is 0. The van der Waals surface area contributed by atoms with Crippen LogP contribution in [-0.2, 0) is 0 Å². The number of aromatic nitrogens is 3. The van der Waals surface area contributed by atoms with Crippen molar-refractivity contribution in [2.24, 2.45) is 0 Å². The molecular weight excluding hydrogens is 338 g/mol. The molecule has 5 heteroatoms. The predicted molar refractivity (Wildman–Crippen MR) is 103 cm³/mol. The van der Waals surface area contributed by atoms with Crippen molar-refractivity contribution in [3.63, 3.8) is 0 Å². The first kappa shape index (κ1) is 16.6. The van der Waals surface area contributed by atoms with Crippen LogP contribution in [0.1, 0.15) is 10.4 Å². The van der Waals surface area contributed by atoms with Crippen molar-refractivity contribution in [2.45, 2.75) is 0 Å². The Morgan fingerprint density at radius 3 is 1.56 bits per heavy atom. The van der Waals surface area contributed by atoms with Crippen molar-refractivity contribution in [3.05, 3.63) is 91.0 Å². The van der Waals surface area contributed by atoms with Gasteiger partial charge in [-0.1, -0.05) is 12.1 Å². The molecule has 0 aliphatic rings. The number of pyridine rings is 3. The standard InChI is InChI=1S/C22H15N3O2/c26-22(27)18-3-1-15(2-4-18)19-13-20(16-5-9-23-10-6-16)25-21(14-19)17-7-11-24-12-8-17/h1-14H,(H,26,27). The second-order valence-corrected chi connectivity index (χ2v) is 5.98. The molecule has 1 aromatic carbocycles. The van der Waals surface area contributed by atoms with Crippen molar-refractivity contribution < 1.29 is 9.90 Å². The summed E-state index contributed by atoms with van der Waals surface area (Å²) in [5, 5.41) is 9.11. The van der Waals surface area contributed by atoms with Crippen molar-refractivity contribution in [2.75, 3.05) is 0 Å². The van der Waals surface area contributed by atoms with E-state index < -0.39 is 5.97 Å². The fourth-order valence-electron chi connectivity index (χ4n) is 2.84. The van der Waals surface area contributed by atoms with Crippen LogP contribution in [0.4, 0.5) is 0 Å². The van der Waals surface area contributed by atoms with E-state index in [1.54, 1.807) is 36.9 Å². The Morgan fingerprint density at radius 1 is 0.630 bits per heavy atom. The van der Waals surface area contributed by atoms with E-state index in [4.69, 9.17) is 10.1 Å². The van der Waals surface area contributed by atoms with Gasteiger partial charge in [-0.05, 0) is 59.7 Å². The normalized spacial score (nSPS) is 10.5. The van der Waals surface area contributed by atoms with Crippen LogP contribution in [0.5, 0.6) is 0 Å². The largest absolute Gasteiger partial charge is 0.478 e. The molecule has 0 unspecified atom stereocenters. The van der Waals surface area contributed by atoms with Gasteiger partial charge in [-0.3, -0.25) is 9.97 Å². The minimum Gasteiger partial charge on any atom is -0.478 e. The smallest absolute Gasteiger partial charge is 0.335 e. The van der Waals surface area contributed by atoms with Crippen LogP contribution in [0.15, 0.2) is 85.5 Å². The third-order valence-electron chi connectivity index (χ3n) is 4.24. The maximum Gasteiger partial charge on any atom is 0.335 e. The van der Waals surface area contributed by atoms with Gasteiger partial charge in [0.25, 0.3) is 0 Å². The number of hydrogen-bond donors (Lipinski definition) is 1. The summed E-state index contributed by atoms with van der Waals surface area (Å²) in [5.41, 5.74) is 5.71. The molecular formula is C22H15N3O2. The molecule has 0 fully saturated rings. The maximum atomic E-state index is 11.1. The fourth-order valence-corrected chi connectivity index (χ4v) is 2.84. The first-order valence-corrected chi connectivity index (χ1v) is 8.37. The molecule has 5 nitrogen and oxygen atoms in total. The van der Waals surface area contributed by atoms with E-state index in [9.17, 15) is 4.79 Å². The number of benzene rings is 1. The molecule has 0 amide bonds. The van der Waals surface area contributed by atoms with E-state index in [0.29, 0.717) is 0 Å². The lowest BCUT2D eigenvalue weighted by Crippen LogP contribution is -1.95. The number of aromatic carboxylic acids is 1. The zero-order valence-corrected chi connectivity index (χ0v) is 14.3. The SMILES string of the molecule is O=C(O)c1ccc(-c2cc(-c3ccncc3)nc(-c3ccncc3)c2)cc1. The van der Waals surface area contributed by atoms with Gasteiger partial charge >= 0.3 is 5.97 Å². The molecule has 3 aromatic heterocycles. The molecule has 0 aliphatic carbocycles. The van der Waals surface area contributed by atoms with Crippen LogP contribution < -0.4 is 0 Å². The van der Waals surface area contributed by atoms with Gasteiger partial charge in [-0.2, -0.15) is 0 Å². The van der Waals surface area contributed by atoms with Gasteiger partial charge in [-0.15, -0.1) is 0 Å². The van der Waals surface area contributed by atoms with Gasteiger partial charge in [0, 0.05) is 35.9 Å². The molecule has 0 atom stereocenters. The lowest BCUT2D eigenvalue weighted by Gasteiger charge is -2.10. The number of rotatable bonds is 4. The number of hydrogen-bond acceptors (Lipinski definition) is 4. The van der Waals surface area contributed by atoms with Crippen molar-refractivity contribution in [1.29, 1.82) is 0 Å². The van der Waals surface area contributed by atoms with Crippen LogP contribution in [0.3, 0.4) is 0 Å². The summed E-state index contributed by atoms with van der Waals surface area (Å²) in [6.45, 7) is 0. The average Bonchev–Trinajstić information content (AvgIpc) is 2.75. The molecule has 4 rings (SSSR count). The van der Waals surface area contributed by atoms with Crippen molar-refractivity contribution in [1.82, 2.24) is 15.0 Å². The molecule has 0 saturated carbocycles. The van der Waals surface area contributed by atoms with Gasteiger partial charge in [0.2, 0.25) is 0 Å². The Hall–Kier alpha value is -3.86. The summed E-state index contributed by atoms with van der Waals surface area (Å²) in [5.74, 6) is -0.939. The zero-order valence-electron chi connectivity index (χ0n) is 14.3. The van der Waals surface area contributed by atoms with E-state index in [1.807, 2.05) is 48.5 Å². The first-order chi connectivity index (χ1) is 13.2. The third kappa shape index (κ3) is 3.57. The highest BCUT2D eigenvalue weighted by molar-refractivity contribution is 5.88. The van der Waals surface area contributed by atoms with E-state index in [-0.39, 0.29) is 5.56 Å². The molecule has 0 bridgehead atoms. The van der Waals surface area contributed by atoms with Gasteiger partial charge < -0.3 is 5.11 Å². The Bertz CT molecular complexity index is 1020. The monoisotopic (exact) mass is 353 g/mol. The number of nitrogens with zero attached hydrogens (tertiary/aromatic N) is 3. The van der Waals surface area contributed by atoms with E-state index in [1.165, 1.54) is 0 Å². The molecule has 0 spiro atoms. The Morgan fingerprint density at radius 2 is 1.11 bits per heavy atom. The van der Waals surface area contributed by atoms with E-state index >= 15 is 0 Å². The second-order valence-electron chi connectivity index (χ2n) is 5.98. The van der Waals surface area contributed by atoms with Crippen molar-refractivity contribution in [3.8, 4) is 33.6 Å². The molecule has 1 N–H and O–H groups in total. The Labute approximate surface area is 156 Å². The summed E-state index contributed by atoms with van der Waals surface area (Å²) < 4.78 is 0. The quantitative estimate of drug-likeness (QED) is 0.581. The highest BCUT2D eigenvalue weighted by Crippen LogP contribution is 2.30. The topological polar surface area (TPSA) is 76.0 Å². The third-order valence-corrected chi connectivity index (χ3v) is 4.24. The van der Waals surface area contributed by atoms with Gasteiger partial charge in [0.1, 0.15) is 0 Å². The number of carboxylic acid groups (broad SMARTS) is 1. The van der Waals surface area contributed by atoms with Crippen LogP contribution in [0, 0.1) is 0 Å². The van der Waals surface area contributed by atoms with Crippen LogP contribution >= 0.6 is 0 Å². The maximum absolute atomic E-state index is 11.1. The summed E-state index contributed by atoms with van der Waals surface area (Å²) in [6, 6.07) is 18.5. The Balaban J connectivity index is 1.86. The molecule has 3 heterocycles. The van der Waals surface area contributed by atoms with Gasteiger partial charge in [0.15, 0.2) is 0 Å². The highest BCUT2D eigenvalue weighted by atomic mass is 16.4. The van der Waals surface area contributed by atoms with Crippen molar-refractivity contribution >= 4 is 5.97 Å². The van der Waals surface area contributed by atoms with Gasteiger partial charge in [-0.25, -0.2) is 9.78 Å². The summed E-state index contributed by atoms with van der Waals surface area (Å²) >= 11 is 0. The summed E-state index contributed by atoms with van der Waals surface area (Å²) in [6.07, 6.45) is 6.93. The minimum atomic E-state index is -0.939. The molecule has 0 radical (unpaired) electrons. The lowest BCUT2D eigenvalue weighted by molar-refractivity contribution is 0.0697. The molecule has 0 aliphatic heterocycles. The molecule has 130 valence electrons. The zero-order chi connectivity index (χ0) is 18.6. The second kappa shape index (κ2) is 7.17. The molecule has 27 heavy (non-hydrogen) atoms. The average molecular weight is 353 g/mol. The number of carbonyl (C=O) groups is 1. The van der Waals surface area contributed by atoms with Crippen LogP contribution in [-0.4, -0.2) is 26.0 Å².